The van der Waals surface area contributed by atoms with Crippen LogP contribution in [-0.4, -0.2) is 11.1 Å². The van der Waals surface area contributed by atoms with Crippen molar-refractivity contribution in [1.82, 2.24) is 0 Å². The summed E-state index contributed by atoms with van der Waals surface area (Å²) in [7, 11) is 0. The summed E-state index contributed by atoms with van der Waals surface area (Å²) in [5.74, 6) is -0.842. The minimum absolute atomic E-state index is 0. The van der Waals surface area contributed by atoms with Gasteiger partial charge in [0.1, 0.15) is 5.75 Å². The van der Waals surface area contributed by atoms with Gasteiger partial charge in [-0.25, -0.2) is 0 Å². The summed E-state index contributed by atoms with van der Waals surface area (Å²) in [4.78, 5) is 9.64. The van der Waals surface area contributed by atoms with Gasteiger partial charge in [0.25, 0.3) is 0 Å². The van der Waals surface area contributed by atoms with Crippen LogP contribution in [0.4, 0.5) is 0 Å². The third kappa shape index (κ3) is 13.6. The van der Waals surface area contributed by atoms with E-state index in [0.29, 0.717) is 5.75 Å². The maximum Gasteiger partial charge on any atom is 1.00 e. The van der Waals surface area contributed by atoms with Crippen LogP contribution in [0.2, 0.25) is 0 Å². The molecule has 0 heterocycles. The van der Waals surface area contributed by atoms with E-state index in [1.165, 1.54) is 6.08 Å². The molecule has 0 aromatic heterocycles. The second-order valence-electron chi connectivity index (χ2n) is 2.54. The van der Waals surface area contributed by atoms with Crippen LogP contribution in [0.3, 0.4) is 0 Å². The number of benzene rings is 1. The number of allylic oxidation sites excluding steroid dienone is 3. The molecule has 1 aromatic rings. The molecule has 0 atom stereocenters. The number of phenolic OH excluding ortho intramolecular Hbond substituents is 1. The Kier molecular flexibility index (Phi) is 14.2. The van der Waals surface area contributed by atoms with Gasteiger partial charge in [-0.05, 0) is 25.1 Å². The van der Waals surface area contributed by atoms with Crippen molar-refractivity contribution < 1.29 is 66.4 Å². The predicted molar refractivity (Wildman–Crippen MR) is 57.1 cm³/mol. The van der Waals surface area contributed by atoms with Gasteiger partial charge < -0.3 is 15.0 Å². The number of hydrogen-bond acceptors (Lipinski definition) is 3. The molecule has 1 rings (SSSR count). The fourth-order valence-electron chi connectivity index (χ4n) is 0.673. The Morgan fingerprint density at radius 3 is 2.12 bits per heavy atom. The Morgan fingerprint density at radius 1 is 1.25 bits per heavy atom. The molecule has 80 valence electrons. The Labute approximate surface area is 138 Å². The van der Waals surface area contributed by atoms with Crippen LogP contribution in [0.1, 0.15) is 6.92 Å². The monoisotopic (exact) mass is 244 g/mol. The molecule has 0 aliphatic carbocycles. The summed E-state index contributed by atoms with van der Waals surface area (Å²) in [6, 6.07) is 8.71. The fraction of sp³-hybridized carbons (Fsp3) is 0.0833. The van der Waals surface area contributed by atoms with E-state index in [2.05, 4.69) is 0 Å². The van der Waals surface area contributed by atoms with E-state index in [1.807, 2.05) is 6.07 Å². The number of carbonyl (C=O) groups excluding carboxylic acids is 1. The number of para-hydroxylation sites is 1. The molecule has 0 saturated heterocycles. The minimum atomic E-state index is -1.16. The Bertz CT molecular complexity index is 331. The van der Waals surface area contributed by atoms with E-state index in [0.717, 1.165) is 6.08 Å². The van der Waals surface area contributed by atoms with Crippen LogP contribution < -0.4 is 56.5 Å². The zero-order valence-corrected chi connectivity index (χ0v) is 12.6. The first-order valence-electron chi connectivity index (χ1n) is 4.41. The van der Waals surface area contributed by atoms with E-state index in [4.69, 9.17) is 5.11 Å². The molecule has 1 N–H and O–H groups in total. The maximum absolute atomic E-state index is 9.64. The first-order valence-corrected chi connectivity index (χ1v) is 4.41. The summed E-state index contributed by atoms with van der Waals surface area (Å²) in [6.45, 7) is 1.81. The maximum atomic E-state index is 9.64. The van der Waals surface area contributed by atoms with Crippen LogP contribution in [0.25, 0.3) is 0 Å². The molecular weight excluding hydrogens is 231 g/mol. The van der Waals surface area contributed by atoms with Gasteiger partial charge in [-0.1, -0.05) is 36.4 Å². The molecule has 3 nitrogen and oxygen atoms in total. The molecule has 0 bridgehead atoms. The van der Waals surface area contributed by atoms with Crippen LogP contribution in [0, 0.1) is 0 Å². The Balaban J connectivity index is 0. The van der Waals surface area contributed by atoms with Crippen LogP contribution in [0.5, 0.6) is 5.75 Å². The van der Waals surface area contributed by atoms with Crippen molar-refractivity contribution in [1.29, 1.82) is 0 Å². The van der Waals surface area contributed by atoms with Gasteiger partial charge in [0.05, 0.1) is 5.97 Å². The topological polar surface area (TPSA) is 60.4 Å². The smallest absolute Gasteiger partial charge is 0.545 e. The van der Waals surface area contributed by atoms with Crippen molar-refractivity contribution in [3.63, 3.8) is 0 Å². The summed E-state index contributed by atoms with van der Waals surface area (Å²) >= 11 is 0. The molecule has 0 radical (unpaired) electrons. The van der Waals surface area contributed by atoms with Gasteiger partial charge in [-0.2, -0.15) is 0 Å². The van der Waals surface area contributed by atoms with E-state index >= 15 is 0 Å². The number of aliphatic carboxylic acids is 1. The third-order valence-corrected chi connectivity index (χ3v) is 1.29. The Hall–Kier alpha value is -0.394. The first-order chi connectivity index (χ1) is 7.16. The van der Waals surface area contributed by atoms with Crippen molar-refractivity contribution in [2.75, 3.05) is 0 Å². The normalized spacial score (nSPS) is 9.31. The predicted octanol–water partition coefficient (Wildman–Crippen LogP) is -1.74. The second kappa shape index (κ2) is 12.7. The number of phenols is 1. The van der Waals surface area contributed by atoms with E-state index in [9.17, 15) is 9.90 Å². The minimum Gasteiger partial charge on any atom is -0.545 e. The molecule has 16 heavy (non-hydrogen) atoms. The van der Waals surface area contributed by atoms with Gasteiger partial charge in [0.2, 0.25) is 0 Å². The van der Waals surface area contributed by atoms with Crippen LogP contribution >= 0.6 is 0 Å². The molecule has 0 saturated carbocycles. The zero-order valence-electron chi connectivity index (χ0n) is 9.46. The van der Waals surface area contributed by atoms with Gasteiger partial charge in [-0.15, -0.1) is 0 Å². The molecule has 0 amide bonds. The van der Waals surface area contributed by atoms with Crippen LogP contribution in [-0.2, 0) is 4.79 Å². The summed E-state index contributed by atoms with van der Waals surface area (Å²) in [5, 5.41) is 18.3. The molecule has 0 fully saturated rings. The molecule has 1 aromatic carbocycles. The fourth-order valence-corrected chi connectivity index (χ4v) is 0.673. The van der Waals surface area contributed by atoms with Gasteiger partial charge in [0.15, 0.2) is 0 Å². The van der Waals surface area contributed by atoms with E-state index in [1.54, 1.807) is 43.3 Å². The zero-order chi connectivity index (χ0) is 11.5. The molecule has 0 aliphatic rings. The molecule has 0 aliphatic heterocycles. The number of carboxylic acids is 1. The van der Waals surface area contributed by atoms with Crippen LogP contribution in [0.15, 0.2) is 54.6 Å². The summed E-state index contributed by atoms with van der Waals surface area (Å²) < 4.78 is 0. The number of aromatic hydroxyl groups is 1. The van der Waals surface area contributed by atoms with Gasteiger partial charge in [-0.3, -0.25) is 0 Å². The standard InChI is InChI=1S/C6H8O2.C6H6O.K/c1-2-3-4-5-6(7)8;7-6-4-2-1-3-5-6;/h2-5H,1H3,(H,7,8);1-5,7H;/q;;+1/p-1/b3-2+,5-4+;;. The number of rotatable bonds is 2. The number of hydrogen-bond donors (Lipinski definition) is 1. The quantitative estimate of drug-likeness (QED) is 0.382. The average Bonchev–Trinajstić information content (AvgIpc) is 2.20. The molecule has 0 spiro atoms. The largest absolute Gasteiger partial charge is 1.00 e. The van der Waals surface area contributed by atoms with Crippen molar-refractivity contribution in [3.8, 4) is 5.75 Å². The van der Waals surface area contributed by atoms with E-state index in [-0.39, 0.29) is 51.4 Å². The summed E-state index contributed by atoms with van der Waals surface area (Å²) in [5.41, 5.74) is 0. The third-order valence-electron chi connectivity index (χ3n) is 1.29. The number of carbonyl (C=O) groups is 1. The van der Waals surface area contributed by atoms with Crippen molar-refractivity contribution in [2.24, 2.45) is 0 Å². The van der Waals surface area contributed by atoms with Crippen molar-refractivity contribution in [2.45, 2.75) is 6.92 Å². The molecule has 4 heteroatoms. The molecular formula is C12H13KO3. The van der Waals surface area contributed by atoms with Crippen molar-refractivity contribution in [3.05, 3.63) is 54.6 Å². The SMILES string of the molecule is C/C=C/C=C/C(=O)[O-].Oc1ccccc1.[K+]. The second-order valence-corrected chi connectivity index (χ2v) is 2.54. The van der Waals surface area contributed by atoms with Gasteiger partial charge >= 0.3 is 51.4 Å². The van der Waals surface area contributed by atoms with Gasteiger partial charge in [0, 0.05) is 0 Å². The van der Waals surface area contributed by atoms with Crippen molar-refractivity contribution >= 4 is 5.97 Å². The number of carboxylic acid groups (broad SMARTS) is 1. The van der Waals surface area contributed by atoms with E-state index < -0.39 is 5.97 Å². The Morgan fingerprint density at radius 2 is 1.81 bits per heavy atom. The summed E-state index contributed by atoms with van der Waals surface area (Å²) in [6.07, 6.45) is 5.74. The molecule has 0 unspecified atom stereocenters. The average molecular weight is 244 g/mol. The first kappa shape index (κ1) is 18.0.